The minimum absolute atomic E-state index is 0.0552. The molecule has 0 aliphatic rings. The Morgan fingerprint density at radius 2 is 1.91 bits per heavy atom. The number of carbonyl (C=O) groups is 3. The van der Waals surface area contributed by atoms with E-state index in [1.165, 1.54) is 25.5 Å². The first-order chi connectivity index (χ1) is 10.1. The summed E-state index contributed by atoms with van der Waals surface area (Å²) in [5.41, 5.74) is -0.309. The highest BCUT2D eigenvalue weighted by Crippen LogP contribution is 2.30. The monoisotopic (exact) mass is 307 g/mol. The van der Waals surface area contributed by atoms with Crippen molar-refractivity contribution in [2.24, 2.45) is 11.3 Å². The Kier molecular flexibility index (Phi) is 5.73. The predicted molar refractivity (Wildman–Crippen MR) is 79.2 cm³/mol. The maximum absolute atomic E-state index is 12.3. The zero-order valence-electron chi connectivity index (χ0n) is 13.2. The van der Waals surface area contributed by atoms with Gasteiger partial charge in [0.1, 0.15) is 11.7 Å². The standard InChI is InChI=1S/C15H21N3O4/c1-9(14(21)22)18-13(20)10(15(2,3)4)7-12(19)11-8-16-5-6-17-11/h5-6,8-10H,7H2,1-4H3,(H,18,20)(H,21,22)/t9-,10+/m0/s1. The van der Waals surface area contributed by atoms with Crippen molar-refractivity contribution in [1.29, 1.82) is 0 Å². The fourth-order valence-electron chi connectivity index (χ4n) is 1.90. The van der Waals surface area contributed by atoms with Crippen molar-refractivity contribution >= 4 is 17.7 Å². The first-order valence-corrected chi connectivity index (χ1v) is 6.95. The van der Waals surface area contributed by atoms with Gasteiger partial charge in [-0.15, -0.1) is 0 Å². The highest BCUT2D eigenvalue weighted by molar-refractivity contribution is 5.97. The minimum atomic E-state index is -1.12. The molecule has 0 unspecified atom stereocenters. The quantitative estimate of drug-likeness (QED) is 0.767. The van der Waals surface area contributed by atoms with Gasteiger partial charge in [0.25, 0.3) is 0 Å². The van der Waals surface area contributed by atoms with E-state index in [-0.39, 0.29) is 17.9 Å². The van der Waals surface area contributed by atoms with E-state index in [1.54, 1.807) is 0 Å². The molecule has 0 spiro atoms. The van der Waals surface area contributed by atoms with Crippen molar-refractivity contribution in [3.63, 3.8) is 0 Å². The van der Waals surface area contributed by atoms with Gasteiger partial charge < -0.3 is 10.4 Å². The first kappa shape index (κ1) is 17.7. The number of carbonyl (C=O) groups excluding carboxylic acids is 2. The van der Waals surface area contributed by atoms with Gasteiger partial charge >= 0.3 is 5.97 Å². The zero-order chi connectivity index (χ0) is 16.9. The number of hydrogen-bond donors (Lipinski definition) is 2. The normalized spacial score (nSPS) is 14.0. The number of carboxylic acid groups (broad SMARTS) is 1. The van der Waals surface area contributed by atoms with Crippen LogP contribution in [-0.4, -0.2) is 38.8 Å². The molecule has 0 radical (unpaired) electrons. The van der Waals surface area contributed by atoms with Gasteiger partial charge in [-0.1, -0.05) is 20.8 Å². The van der Waals surface area contributed by atoms with Crippen molar-refractivity contribution in [2.45, 2.75) is 40.2 Å². The number of aliphatic carboxylic acids is 1. The molecule has 2 atom stereocenters. The van der Waals surface area contributed by atoms with E-state index < -0.39 is 29.3 Å². The maximum Gasteiger partial charge on any atom is 0.325 e. The molecule has 1 amide bonds. The van der Waals surface area contributed by atoms with Crippen molar-refractivity contribution in [1.82, 2.24) is 15.3 Å². The Balaban J connectivity index is 2.88. The molecule has 120 valence electrons. The van der Waals surface area contributed by atoms with E-state index in [0.717, 1.165) is 0 Å². The SMILES string of the molecule is C[C@H](NC(=O)[C@@H](CC(=O)c1cnccn1)C(C)(C)C)C(=O)O. The van der Waals surface area contributed by atoms with Crippen molar-refractivity contribution in [2.75, 3.05) is 0 Å². The van der Waals surface area contributed by atoms with Gasteiger partial charge in [0.15, 0.2) is 5.78 Å². The summed E-state index contributed by atoms with van der Waals surface area (Å²) in [5.74, 6) is -2.55. The maximum atomic E-state index is 12.3. The predicted octanol–water partition coefficient (Wildman–Crippen LogP) is 1.30. The molecule has 1 heterocycles. The third-order valence-corrected chi connectivity index (χ3v) is 3.33. The van der Waals surface area contributed by atoms with Gasteiger partial charge in [0.05, 0.1) is 12.1 Å². The van der Waals surface area contributed by atoms with E-state index in [9.17, 15) is 14.4 Å². The molecular formula is C15H21N3O4. The summed E-state index contributed by atoms with van der Waals surface area (Å²) in [5, 5.41) is 11.3. The number of ketones is 1. The number of amides is 1. The Morgan fingerprint density at radius 3 is 2.36 bits per heavy atom. The van der Waals surface area contributed by atoms with E-state index in [2.05, 4.69) is 15.3 Å². The number of hydrogen-bond acceptors (Lipinski definition) is 5. The molecule has 1 rings (SSSR count). The van der Waals surface area contributed by atoms with E-state index in [1.807, 2.05) is 20.8 Å². The van der Waals surface area contributed by atoms with Crippen LogP contribution >= 0.6 is 0 Å². The lowest BCUT2D eigenvalue weighted by molar-refractivity contribution is -0.142. The Bertz CT molecular complexity index is 552. The molecule has 7 nitrogen and oxygen atoms in total. The molecule has 1 aromatic rings. The summed E-state index contributed by atoms with van der Waals surface area (Å²) in [4.78, 5) is 43.1. The molecule has 0 bridgehead atoms. The van der Waals surface area contributed by atoms with Crippen LogP contribution in [0.25, 0.3) is 0 Å². The highest BCUT2D eigenvalue weighted by atomic mass is 16.4. The summed E-state index contributed by atoms with van der Waals surface area (Å²) in [6.07, 6.45) is 4.16. The van der Waals surface area contributed by atoms with Crippen LogP contribution in [0, 0.1) is 11.3 Å². The fraction of sp³-hybridized carbons (Fsp3) is 0.533. The van der Waals surface area contributed by atoms with Gasteiger partial charge in [0.2, 0.25) is 5.91 Å². The summed E-state index contributed by atoms with van der Waals surface area (Å²) in [6, 6.07) is -1.01. The molecule has 1 aromatic heterocycles. The lowest BCUT2D eigenvalue weighted by atomic mass is 9.77. The van der Waals surface area contributed by atoms with Crippen LogP contribution in [0.1, 0.15) is 44.6 Å². The average Bonchev–Trinajstić information content (AvgIpc) is 2.43. The number of rotatable bonds is 6. The second-order valence-electron chi connectivity index (χ2n) is 6.21. The molecule has 2 N–H and O–H groups in total. The Morgan fingerprint density at radius 1 is 1.27 bits per heavy atom. The number of nitrogens with zero attached hydrogens (tertiary/aromatic N) is 2. The molecule has 0 fully saturated rings. The van der Waals surface area contributed by atoms with Crippen LogP contribution in [0.4, 0.5) is 0 Å². The summed E-state index contributed by atoms with van der Waals surface area (Å²) < 4.78 is 0. The van der Waals surface area contributed by atoms with Crippen molar-refractivity contribution in [3.8, 4) is 0 Å². The topological polar surface area (TPSA) is 109 Å². The van der Waals surface area contributed by atoms with Crippen LogP contribution < -0.4 is 5.32 Å². The van der Waals surface area contributed by atoms with E-state index in [4.69, 9.17) is 5.11 Å². The molecule has 0 saturated heterocycles. The van der Waals surface area contributed by atoms with Gasteiger partial charge in [-0.3, -0.25) is 19.4 Å². The Hall–Kier alpha value is -2.31. The summed E-state index contributed by atoms with van der Waals surface area (Å²) in [6.45, 7) is 6.86. The van der Waals surface area contributed by atoms with Crippen LogP contribution in [0.5, 0.6) is 0 Å². The van der Waals surface area contributed by atoms with Gasteiger partial charge in [-0.25, -0.2) is 4.98 Å². The van der Waals surface area contributed by atoms with Crippen LogP contribution in [0.3, 0.4) is 0 Å². The number of Topliss-reactive ketones (excluding diaryl/α,β-unsaturated/α-hetero) is 1. The second-order valence-corrected chi connectivity index (χ2v) is 6.21. The average molecular weight is 307 g/mol. The third-order valence-electron chi connectivity index (χ3n) is 3.33. The smallest absolute Gasteiger partial charge is 0.325 e. The molecule has 0 aliphatic heterocycles. The number of aromatic nitrogens is 2. The van der Waals surface area contributed by atoms with E-state index in [0.29, 0.717) is 0 Å². The van der Waals surface area contributed by atoms with Crippen LogP contribution in [0.2, 0.25) is 0 Å². The highest BCUT2D eigenvalue weighted by Gasteiger charge is 2.34. The van der Waals surface area contributed by atoms with Gasteiger partial charge in [0, 0.05) is 18.8 Å². The zero-order valence-corrected chi connectivity index (χ0v) is 13.2. The third kappa shape index (κ3) is 4.91. The molecule has 22 heavy (non-hydrogen) atoms. The molecule has 7 heteroatoms. The number of nitrogens with one attached hydrogen (secondary N) is 1. The second kappa shape index (κ2) is 7.11. The summed E-state index contributed by atoms with van der Waals surface area (Å²) in [7, 11) is 0. The first-order valence-electron chi connectivity index (χ1n) is 6.95. The largest absolute Gasteiger partial charge is 0.480 e. The molecule has 0 aromatic carbocycles. The van der Waals surface area contributed by atoms with Gasteiger partial charge in [-0.05, 0) is 12.3 Å². The fourth-order valence-corrected chi connectivity index (χ4v) is 1.90. The lowest BCUT2D eigenvalue weighted by Gasteiger charge is -2.29. The molecule has 0 saturated carbocycles. The minimum Gasteiger partial charge on any atom is -0.480 e. The molecule has 0 aliphatic carbocycles. The Labute approximate surface area is 129 Å². The van der Waals surface area contributed by atoms with Crippen LogP contribution in [-0.2, 0) is 9.59 Å². The lowest BCUT2D eigenvalue weighted by Crippen LogP contribution is -2.45. The van der Waals surface area contributed by atoms with Crippen LogP contribution in [0.15, 0.2) is 18.6 Å². The summed E-state index contributed by atoms with van der Waals surface area (Å²) >= 11 is 0. The van der Waals surface area contributed by atoms with Crippen molar-refractivity contribution < 1.29 is 19.5 Å². The van der Waals surface area contributed by atoms with Gasteiger partial charge in [-0.2, -0.15) is 0 Å². The van der Waals surface area contributed by atoms with E-state index >= 15 is 0 Å². The number of carboxylic acids is 1. The molecular weight excluding hydrogens is 286 g/mol. The van der Waals surface area contributed by atoms with Crippen molar-refractivity contribution in [3.05, 3.63) is 24.3 Å².